The average Bonchev–Trinajstić information content (AvgIpc) is 1.64. The summed E-state index contributed by atoms with van der Waals surface area (Å²) in [6.07, 6.45) is 16.7. The molecule has 0 aliphatic heterocycles. The quantitative estimate of drug-likeness (QED) is 0.153. The van der Waals surface area contributed by atoms with Gasteiger partial charge in [-0.15, -0.1) is 20.4 Å². The van der Waals surface area contributed by atoms with Crippen molar-refractivity contribution < 1.29 is 8.78 Å². The van der Waals surface area contributed by atoms with Gasteiger partial charge in [-0.2, -0.15) is 0 Å². The smallest absolute Gasteiger partial charge is 0.240 e. The van der Waals surface area contributed by atoms with Crippen LogP contribution in [0.2, 0.25) is 5.02 Å². The van der Waals surface area contributed by atoms with Crippen molar-refractivity contribution in [3.63, 3.8) is 0 Å². The normalized spacial score (nSPS) is 13.3. The summed E-state index contributed by atoms with van der Waals surface area (Å²) in [5.74, 6) is 1.56. The second-order valence-electron chi connectivity index (χ2n) is 22.6. The van der Waals surface area contributed by atoms with E-state index >= 15 is 0 Å². The van der Waals surface area contributed by atoms with E-state index in [2.05, 4.69) is 159 Å². The maximum atomic E-state index is 13.3. The summed E-state index contributed by atoms with van der Waals surface area (Å²) in [6.45, 7) is 2.09. The van der Waals surface area contributed by atoms with Gasteiger partial charge < -0.3 is 11.5 Å². The summed E-state index contributed by atoms with van der Waals surface area (Å²) in [6, 6.07) is 52.8. The maximum absolute atomic E-state index is 13.3. The fraction of sp³-hybridized carbons (Fsp3) is 0.137. The molecular weight excluding hydrogens is 1370 g/mol. The van der Waals surface area contributed by atoms with Gasteiger partial charge in [0.25, 0.3) is 0 Å². The van der Waals surface area contributed by atoms with Crippen molar-refractivity contribution >= 4 is 126 Å². The van der Waals surface area contributed by atoms with Crippen LogP contribution in [0.1, 0.15) is 78.5 Å². The number of rotatable bonds is 7. The third-order valence-corrected chi connectivity index (χ3v) is 17.9. The summed E-state index contributed by atoms with van der Waals surface area (Å²) in [4.78, 5) is 30.5. The lowest BCUT2D eigenvalue weighted by Gasteiger charge is -2.10. The molecule has 3 aliphatic carbocycles. The summed E-state index contributed by atoms with van der Waals surface area (Å²) in [7, 11) is 0. The summed E-state index contributed by atoms with van der Waals surface area (Å²) < 4.78 is 29.9. The number of halogens is 6. The molecule has 4 N–H and O–H groups in total. The molecule has 13 nitrogen and oxygen atoms in total. The Bertz CT molecular complexity index is 4790. The average molecular weight is 1430 g/mol. The van der Waals surface area contributed by atoms with Gasteiger partial charge in [0, 0.05) is 93.6 Å². The van der Waals surface area contributed by atoms with Gasteiger partial charge in [0.2, 0.25) is 11.9 Å². The predicted octanol–water partition coefficient (Wildman–Crippen LogP) is 19.5. The molecule has 7 heterocycles. The van der Waals surface area contributed by atoms with Gasteiger partial charge in [0.15, 0.2) is 0 Å². The molecule has 0 radical (unpaired) electrons. The number of benzene rings is 7. The molecule has 0 saturated heterocycles. The first kappa shape index (κ1) is 61.6. The van der Waals surface area contributed by atoms with E-state index in [4.69, 9.17) is 23.1 Å². The van der Waals surface area contributed by atoms with Crippen LogP contribution in [0.5, 0.6) is 0 Å². The molecule has 3 saturated carbocycles. The highest BCUT2D eigenvalue weighted by atomic mass is 79.9. The molecule has 7 aromatic heterocycles. The molecule has 0 bridgehead atoms. The van der Waals surface area contributed by atoms with Crippen molar-refractivity contribution in [2.24, 2.45) is 0 Å². The standard InChI is InChI=1S/2C21H16FN5.C12H10BrN.C10H8BrN.C9H5BrClN/c2*22-15-6-3-13(4-7-15)19-20(26-27-21(23)25-19)14-5-8-18-17(11-14)16(9-10-24-18)12-1-2-12;13-9-3-4-12-11(7-9)10(5-6-14-12)8-1-2-8;1-7-4-5-12-10-3-2-8(11)6-9(7)10;10-6-1-2-9-7(5-6)8(11)3-4-12-9/h2*3-12H,1-2H2,(H2,23,25,27);3-8H,1-2H2;2-6H,1H3;1-5H. The topological polar surface area (TPSA) is 194 Å². The first-order valence-corrected chi connectivity index (χ1v) is 32.6. The Morgan fingerprint density at radius 1 is 0.359 bits per heavy atom. The van der Waals surface area contributed by atoms with Gasteiger partial charge in [0.05, 0.1) is 32.6 Å². The van der Waals surface area contributed by atoms with Crippen LogP contribution in [0.4, 0.5) is 20.7 Å². The number of fused-ring (bicyclic) bond motifs is 5. The van der Waals surface area contributed by atoms with Crippen LogP contribution in [0.15, 0.2) is 214 Å². The van der Waals surface area contributed by atoms with Crippen LogP contribution < -0.4 is 11.5 Å². The van der Waals surface area contributed by atoms with Crippen molar-refractivity contribution in [3.8, 4) is 45.0 Å². The highest BCUT2D eigenvalue weighted by Crippen LogP contribution is 2.46. The van der Waals surface area contributed by atoms with Gasteiger partial charge in [-0.1, -0.05) is 71.5 Å². The van der Waals surface area contributed by atoms with Crippen molar-refractivity contribution in [1.29, 1.82) is 0 Å². The summed E-state index contributed by atoms with van der Waals surface area (Å²) >= 11 is 16.3. The highest BCUT2D eigenvalue weighted by molar-refractivity contribution is 9.11. The lowest BCUT2D eigenvalue weighted by Crippen LogP contribution is -2.02. The van der Waals surface area contributed by atoms with E-state index in [0.29, 0.717) is 34.6 Å². The van der Waals surface area contributed by atoms with Gasteiger partial charge >= 0.3 is 0 Å². The Kier molecular flexibility index (Phi) is 18.3. The zero-order valence-electron chi connectivity index (χ0n) is 49.4. The molecule has 0 atom stereocenters. The largest absolute Gasteiger partial charge is 0.366 e. The van der Waals surface area contributed by atoms with Crippen LogP contribution in [0.3, 0.4) is 0 Å². The molecule has 3 aliphatic rings. The second kappa shape index (κ2) is 27.3. The third-order valence-electron chi connectivity index (χ3n) is 16.1. The Balaban J connectivity index is 0.000000110. The fourth-order valence-electron chi connectivity index (χ4n) is 11.0. The van der Waals surface area contributed by atoms with Crippen molar-refractivity contribution in [2.45, 2.75) is 63.2 Å². The van der Waals surface area contributed by atoms with Gasteiger partial charge in [-0.25, -0.2) is 18.7 Å². The van der Waals surface area contributed by atoms with Gasteiger partial charge in [-0.05, 0) is 243 Å². The Morgan fingerprint density at radius 3 is 1.10 bits per heavy atom. The first-order valence-electron chi connectivity index (χ1n) is 29.8. The van der Waals surface area contributed by atoms with Gasteiger partial charge in [-0.3, -0.25) is 24.9 Å². The SMILES string of the molecule is Brc1ccc2nccc(C3CC3)c2c1.Cc1ccnc2ccc(Br)cc12.Clc1ccnc2ccc(Br)cc12.Nc1nnc(-c2ccc3nccc(C4CC4)c3c2)c(-c2ccc(F)cc2)n1.Nc1nnc(-c2ccc3nccc(C4CC4)c3c2)c(-c2ccc(F)cc2)n1. The number of nitrogen functional groups attached to an aromatic ring is 2. The van der Waals surface area contributed by atoms with Crippen molar-refractivity contribution in [3.05, 3.63) is 253 Å². The Labute approximate surface area is 558 Å². The number of pyridine rings is 5. The van der Waals surface area contributed by atoms with E-state index in [9.17, 15) is 8.78 Å². The lowest BCUT2D eigenvalue weighted by atomic mass is 9.99. The van der Waals surface area contributed by atoms with E-state index in [-0.39, 0.29) is 23.5 Å². The Hall–Kier alpha value is -9.20. The number of hydrogen-bond donors (Lipinski definition) is 2. The van der Waals surface area contributed by atoms with Crippen LogP contribution >= 0.6 is 59.4 Å². The second-order valence-corrected chi connectivity index (χ2v) is 25.8. The minimum absolute atomic E-state index is 0.0826. The van der Waals surface area contributed by atoms with Gasteiger partial charge in [0.1, 0.15) is 34.4 Å². The van der Waals surface area contributed by atoms with E-state index in [1.165, 1.54) is 95.8 Å². The molecule has 17 rings (SSSR count). The molecule has 0 amide bonds. The fourth-order valence-corrected chi connectivity index (χ4v) is 12.3. The van der Waals surface area contributed by atoms with E-state index in [1.807, 2.05) is 91.5 Å². The summed E-state index contributed by atoms with van der Waals surface area (Å²) in [5.41, 5.74) is 27.6. The predicted molar refractivity (Wildman–Crippen MR) is 375 cm³/mol. The van der Waals surface area contributed by atoms with Crippen LogP contribution in [-0.2, 0) is 0 Å². The number of anilines is 2. The molecule has 3 fully saturated rings. The van der Waals surface area contributed by atoms with Crippen molar-refractivity contribution in [2.75, 3.05) is 11.5 Å². The van der Waals surface area contributed by atoms with Crippen molar-refractivity contribution in [1.82, 2.24) is 55.3 Å². The Morgan fingerprint density at radius 2 is 0.685 bits per heavy atom. The number of nitrogens with zero attached hydrogens (tertiary/aromatic N) is 11. The molecule has 14 aromatic rings. The summed E-state index contributed by atoms with van der Waals surface area (Å²) in [5, 5.41) is 23.0. The zero-order chi connectivity index (χ0) is 63.4. The third kappa shape index (κ3) is 14.4. The van der Waals surface area contributed by atoms with E-state index in [1.54, 1.807) is 36.5 Å². The molecule has 0 spiro atoms. The minimum atomic E-state index is -0.304. The molecule has 0 unspecified atom stereocenters. The molecule has 7 aromatic carbocycles. The number of aryl methyl sites for hydroxylation is 1. The monoisotopic (exact) mass is 1420 g/mol. The van der Waals surface area contributed by atoms with Crippen LogP contribution in [0.25, 0.3) is 99.5 Å². The molecule has 19 heteroatoms. The minimum Gasteiger partial charge on any atom is -0.366 e. The van der Waals surface area contributed by atoms with Crippen LogP contribution in [-0.4, -0.2) is 55.3 Å². The first-order chi connectivity index (χ1) is 44.8. The lowest BCUT2D eigenvalue weighted by molar-refractivity contribution is 0.627. The number of aromatic nitrogens is 11. The maximum Gasteiger partial charge on any atom is 0.240 e. The molecule has 454 valence electrons. The molecule has 92 heavy (non-hydrogen) atoms. The van der Waals surface area contributed by atoms with Crippen LogP contribution in [0, 0.1) is 18.6 Å². The number of hydrogen-bond acceptors (Lipinski definition) is 13. The highest BCUT2D eigenvalue weighted by Gasteiger charge is 2.28. The zero-order valence-corrected chi connectivity index (χ0v) is 54.9. The molecular formula is C73H55Br3ClF2N13. The van der Waals surface area contributed by atoms with E-state index < -0.39 is 0 Å². The van der Waals surface area contributed by atoms with E-state index in [0.717, 1.165) is 90.4 Å². The number of nitrogens with two attached hydrogens (primary N) is 2.